The van der Waals surface area contributed by atoms with Crippen molar-refractivity contribution in [1.29, 1.82) is 0 Å². The summed E-state index contributed by atoms with van der Waals surface area (Å²) in [6.45, 7) is 0.736. The molecule has 1 fully saturated rings. The molecule has 1 atom stereocenters. The zero-order chi connectivity index (χ0) is 18.1. The lowest BCUT2D eigenvalue weighted by Gasteiger charge is -2.26. The van der Waals surface area contributed by atoms with Crippen molar-refractivity contribution in [3.8, 4) is 11.5 Å². The minimum atomic E-state index is 0.000759. The molecule has 0 unspecified atom stereocenters. The lowest BCUT2D eigenvalue weighted by Crippen LogP contribution is -2.30. The van der Waals surface area contributed by atoms with Crippen molar-refractivity contribution >= 4 is 16.9 Å². The van der Waals surface area contributed by atoms with Crippen molar-refractivity contribution in [1.82, 2.24) is 14.9 Å². The van der Waals surface area contributed by atoms with Gasteiger partial charge < -0.3 is 19.4 Å². The fourth-order valence-electron chi connectivity index (χ4n) is 3.66. The fraction of sp³-hybridized carbons (Fsp3) is 0.300. The first-order chi connectivity index (χ1) is 12.7. The van der Waals surface area contributed by atoms with E-state index in [1.807, 2.05) is 41.3 Å². The molecule has 1 aliphatic heterocycles. The summed E-state index contributed by atoms with van der Waals surface area (Å²) in [4.78, 5) is 22.4. The molecular formula is C20H21N3O3. The Balaban J connectivity index is 1.66. The first-order valence-corrected chi connectivity index (χ1v) is 8.67. The number of likely N-dealkylation sites (tertiary alicyclic amines) is 1. The number of aromatic amines is 1. The highest BCUT2D eigenvalue weighted by atomic mass is 16.5. The monoisotopic (exact) mass is 351 g/mol. The second-order valence-corrected chi connectivity index (χ2v) is 6.40. The fourth-order valence-corrected chi connectivity index (χ4v) is 3.66. The van der Waals surface area contributed by atoms with E-state index in [4.69, 9.17) is 9.47 Å². The number of nitrogens with one attached hydrogen (secondary N) is 1. The molecule has 1 aromatic heterocycles. The molecular weight excluding hydrogens is 330 g/mol. The number of aromatic nitrogens is 2. The molecule has 2 heterocycles. The molecule has 0 radical (unpaired) electrons. The lowest BCUT2D eigenvalue weighted by molar-refractivity contribution is 0.0734. The number of ether oxygens (including phenoxy) is 2. The third-order valence-corrected chi connectivity index (χ3v) is 4.98. The van der Waals surface area contributed by atoms with Crippen LogP contribution in [-0.4, -0.2) is 41.5 Å². The Kier molecular flexibility index (Phi) is 4.24. The van der Waals surface area contributed by atoms with E-state index in [0.29, 0.717) is 5.56 Å². The van der Waals surface area contributed by atoms with Crippen LogP contribution in [0.15, 0.2) is 42.7 Å². The van der Waals surface area contributed by atoms with Gasteiger partial charge in [0.15, 0.2) is 0 Å². The van der Waals surface area contributed by atoms with Crippen LogP contribution in [0.1, 0.15) is 34.8 Å². The number of imidazole rings is 1. The lowest BCUT2D eigenvalue weighted by atomic mass is 10.0. The van der Waals surface area contributed by atoms with E-state index in [1.54, 1.807) is 20.5 Å². The highest BCUT2D eigenvalue weighted by Crippen LogP contribution is 2.39. The van der Waals surface area contributed by atoms with Gasteiger partial charge in [-0.05, 0) is 43.2 Å². The molecule has 0 aliphatic carbocycles. The number of amides is 1. The minimum absolute atomic E-state index is 0.000759. The number of carbonyl (C=O) groups is 1. The van der Waals surface area contributed by atoms with Gasteiger partial charge in [0.2, 0.25) is 0 Å². The molecule has 1 amide bonds. The Hall–Kier alpha value is -3.02. The Bertz CT molecular complexity index is 950. The predicted molar refractivity (Wildman–Crippen MR) is 98.7 cm³/mol. The van der Waals surface area contributed by atoms with E-state index in [-0.39, 0.29) is 11.9 Å². The maximum atomic E-state index is 13.1. The van der Waals surface area contributed by atoms with Crippen LogP contribution in [0, 0.1) is 0 Å². The summed E-state index contributed by atoms with van der Waals surface area (Å²) in [6.07, 6.45) is 3.53. The van der Waals surface area contributed by atoms with Crippen LogP contribution in [0.2, 0.25) is 0 Å². The number of hydrogen-bond donors (Lipinski definition) is 1. The summed E-state index contributed by atoms with van der Waals surface area (Å²) < 4.78 is 10.8. The maximum Gasteiger partial charge on any atom is 0.254 e. The second-order valence-electron chi connectivity index (χ2n) is 6.40. The highest BCUT2D eigenvalue weighted by Gasteiger charge is 2.32. The topological polar surface area (TPSA) is 67.5 Å². The predicted octanol–water partition coefficient (Wildman–Crippen LogP) is 3.56. The average molecular weight is 351 g/mol. The molecule has 134 valence electrons. The molecule has 1 aliphatic rings. The number of methoxy groups -OCH3 is 2. The third-order valence-electron chi connectivity index (χ3n) is 4.98. The molecule has 3 aromatic rings. The Labute approximate surface area is 151 Å². The summed E-state index contributed by atoms with van der Waals surface area (Å²) in [7, 11) is 3.27. The van der Waals surface area contributed by atoms with Gasteiger partial charge in [-0.15, -0.1) is 0 Å². The Morgan fingerprint density at radius 3 is 2.88 bits per heavy atom. The van der Waals surface area contributed by atoms with Gasteiger partial charge in [0.1, 0.15) is 11.5 Å². The zero-order valence-electron chi connectivity index (χ0n) is 14.9. The number of benzene rings is 2. The average Bonchev–Trinajstić information content (AvgIpc) is 3.35. The van der Waals surface area contributed by atoms with Gasteiger partial charge in [0.05, 0.1) is 37.6 Å². The van der Waals surface area contributed by atoms with Crippen molar-refractivity contribution < 1.29 is 14.3 Å². The van der Waals surface area contributed by atoms with Crippen LogP contribution in [0.5, 0.6) is 11.5 Å². The van der Waals surface area contributed by atoms with Crippen LogP contribution in [0.4, 0.5) is 0 Å². The summed E-state index contributed by atoms with van der Waals surface area (Å²) in [5.41, 5.74) is 3.41. The van der Waals surface area contributed by atoms with Gasteiger partial charge in [-0.3, -0.25) is 4.79 Å². The van der Waals surface area contributed by atoms with E-state index >= 15 is 0 Å². The van der Waals surface area contributed by atoms with Crippen LogP contribution in [-0.2, 0) is 0 Å². The Morgan fingerprint density at radius 1 is 1.19 bits per heavy atom. The molecule has 26 heavy (non-hydrogen) atoms. The number of nitrogens with zero attached hydrogens (tertiary/aromatic N) is 2. The van der Waals surface area contributed by atoms with Gasteiger partial charge in [0.25, 0.3) is 5.91 Å². The largest absolute Gasteiger partial charge is 0.497 e. The standard InChI is InChI=1S/C20H21N3O3/c1-25-14-6-7-15(19(11-14)26-2)18-4-3-9-23(18)20(24)13-5-8-16-17(10-13)22-12-21-16/h5-8,10-12,18H,3-4,9H2,1-2H3,(H,21,22)/t18-/m1/s1. The highest BCUT2D eigenvalue weighted by molar-refractivity contribution is 5.97. The molecule has 6 heteroatoms. The van der Waals surface area contributed by atoms with Crippen LogP contribution in [0.3, 0.4) is 0 Å². The molecule has 6 nitrogen and oxygen atoms in total. The SMILES string of the molecule is COc1ccc([C@H]2CCCN2C(=O)c2ccc3nc[nH]c3c2)c(OC)c1. The van der Waals surface area contributed by atoms with Gasteiger partial charge in [0, 0.05) is 23.7 Å². The number of rotatable bonds is 4. The molecule has 0 bridgehead atoms. The summed E-state index contributed by atoms with van der Waals surface area (Å²) in [5, 5.41) is 0. The van der Waals surface area contributed by atoms with Crippen molar-refractivity contribution in [3.63, 3.8) is 0 Å². The minimum Gasteiger partial charge on any atom is -0.497 e. The van der Waals surface area contributed by atoms with Gasteiger partial charge in [-0.2, -0.15) is 0 Å². The van der Waals surface area contributed by atoms with E-state index in [0.717, 1.165) is 47.5 Å². The van der Waals surface area contributed by atoms with E-state index < -0.39 is 0 Å². The molecule has 1 N–H and O–H groups in total. The Morgan fingerprint density at radius 2 is 2.08 bits per heavy atom. The normalized spacial score (nSPS) is 16.8. The van der Waals surface area contributed by atoms with Gasteiger partial charge in [-0.1, -0.05) is 0 Å². The van der Waals surface area contributed by atoms with E-state index in [9.17, 15) is 4.79 Å². The molecule has 1 saturated heterocycles. The molecule has 0 saturated carbocycles. The first kappa shape index (κ1) is 16.4. The number of H-pyrrole nitrogens is 1. The quantitative estimate of drug-likeness (QED) is 0.780. The van der Waals surface area contributed by atoms with Crippen molar-refractivity contribution in [2.24, 2.45) is 0 Å². The first-order valence-electron chi connectivity index (χ1n) is 8.67. The van der Waals surface area contributed by atoms with Crippen LogP contribution in [0.25, 0.3) is 11.0 Å². The molecule has 4 rings (SSSR count). The number of carbonyl (C=O) groups excluding carboxylic acids is 1. The summed E-state index contributed by atoms with van der Waals surface area (Å²) >= 11 is 0. The number of fused-ring (bicyclic) bond motifs is 1. The maximum absolute atomic E-state index is 13.1. The third kappa shape index (κ3) is 2.77. The van der Waals surface area contributed by atoms with E-state index in [2.05, 4.69) is 9.97 Å². The summed E-state index contributed by atoms with van der Waals surface area (Å²) in [6, 6.07) is 11.4. The smallest absolute Gasteiger partial charge is 0.254 e. The van der Waals surface area contributed by atoms with Crippen LogP contribution >= 0.6 is 0 Å². The number of hydrogen-bond acceptors (Lipinski definition) is 4. The second kappa shape index (κ2) is 6.71. The molecule has 0 spiro atoms. The van der Waals surface area contributed by atoms with Crippen molar-refractivity contribution in [2.45, 2.75) is 18.9 Å². The van der Waals surface area contributed by atoms with Crippen molar-refractivity contribution in [2.75, 3.05) is 20.8 Å². The van der Waals surface area contributed by atoms with Gasteiger partial charge >= 0.3 is 0 Å². The van der Waals surface area contributed by atoms with Crippen molar-refractivity contribution in [3.05, 3.63) is 53.9 Å². The van der Waals surface area contributed by atoms with Crippen LogP contribution < -0.4 is 9.47 Å². The summed E-state index contributed by atoms with van der Waals surface area (Å²) in [5.74, 6) is 1.52. The van der Waals surface area contributed by atoms with Gasteiger partial charge in [-0.25, -0.2) is 4.98 Å². The molecule has 2 aromatic carbocycles. The van der Waals surface area contributed by atoms with E-state index in [1.165, 1.54) is 0 Å². The zero-order valence-corrected chi connectivity index (χ0v) is 14.9.